The highest BCUT2D eigenvalue weighted by molar-refractivity contribution is 5.33. The molecule has 0 amide bonds. The first-order valence-corrected chi connectivity index (χ1v) is 7.70. The maximum absolute atomic E-state index is 6.02. The first-order chi connectivity index (χ1) is 9.70. The second-order valence-electron chi connectivity index (χ2n) is 5.69. The van der Waals surface area contributed by atoms with Crippen LogP contribution in [0.15, 0.2) is 18.2 Å². The lowest BCUT2D eigenvalue weighted by Gasteiger charge is -2.23. The number of aryl methyl sites for hydroxylation is 2. The topological polar surface area (TPSA) is 30.5 Å². The maximum atomic E-state index is 6.02. The summed E-state index contributed by atoms with van der Waals surface area (Å²) in [7, 11) is 0. The predicted molar refractivity (Wildman–Crippen MR) is 82.1 cm³/mol. The molecule has 3 nitrogen and oxygen atoms in total. The van der Waals surface area contributed by atoms with Crippen LogP contribution in [0.5, 0.6) is 0 Å². The molecule has 20 heavy (non-hydrogen) atoms. The molecule has 1 heterocycles. The normalized spacial score (nSPS) is 20.2. The van der Waals surface area contributed by atoms with Gasteiger partial charge in [0.2, 0.25) is 0 Å². The van der Waals surface area contributed by atoms with Gasteiger partial charge in [-0.2, -0.15) is 0 Å². The average Bonchev–Trinajstić information content (AvgIpc) is 2.95. The Morgan fingerprint density at radius 1 is 1.40 bits per heavy atom. The van der Waals surface area contributed by atoms with Crippen LogP contribution in [0.4, 0.5) is 0 Å². The minimum Gasteiger partial charge on any atom is -0.379 e. The smallest absolute Gasteiger partial charge is 0.0831 e. The summed E-state index contributed by atoms with van der Waals surface area (Å²) in [6.45, 7) is 9.83. The molecule has 1 saturated heterocycles. The second kappa shape index (κ2) is 7.77. The van der Waals surface area contributed by atoms with Crippen molar-refractivity contribution in [2.45, 2.75) is 45.8 Å². The van der Waals surface area contributed by atoms with Gasteiger partial charge in [-0.3, -0.25) is 0 Å². The number of nitrogens with one attached hydrogen (secondary N) is 1. The zero-order valence-electron chi connectivity index (χ0n) is 12.9. The number of benzene rings is 1. The maximum Gasteiger partial charge on any atom is 0.0831 e. The van der Waals surface area contributed by atoms with Crippen molar-refractivity contribution in [1.82, 2.24) is 5.32 Å². The lowest BCUT2D eigenvalue weighted by atomic mass is 9.99. The first-order valence-electron chi connectivity index (χ1n) is 7.70. The Bertz CT molecular complexity index is 413. The van der Waals surface area contributed by atoms with Gasteiger partial charge in [-0.05, 0) is 44.4 Å². The van der Waals surface area contributed by atoms with E-state index in [1.807, 2.05) is 0 Å². The van der Waals surface area contributed by atoms with Crippen molar-refractivity contribution in [3.8, 4) is 0 Å². The van der Waals surface area contributed by atoms with Gasteiger partial charge in [0.15, 0.2) is 0 Å². The summed E-state index contributed by atoms with van der Waals surface area (Å²) in [6.07, 6.45) is 2.42. The molecule has 3 heteroatoms. The fourth-order valence-electron chi connectivity index (χ4n) is 2.59. The van der Waals surface area contributed by atoms with Crippen LogP contribution in [0.1, 0.15) is 42.5 Å². The van der Waals surface area contributed by atoms with E-state index in [-0.39, 0.29) is 12.1 Å². The van der Waals surface area contributed by atoms with E-state index in [0.29, 0.717) is 0 Å². The minimum atomic E-state index is 0.269. The van der Waals surface area contributed by atoms with E-state index in [1.165, 1.54) is 16.7 Å². The Morgan fingerprint density at radius 3 is 2.95 bits per heavy atom. The average molecular weight is 277 g/mol. The number of rotatable bonds is 7. The van der Waals surface area contributed by atoms with Crippen LogP contribution in [0.3, 0.4) is 0 Å². The van der Waals surface area contributed by atoms with Gasteiger partial charge in [0.05, 0.1) is 25.4 Å². The summed E-state index contributed by atoms with van der Waals surface area (Å²) in [6, 6.07) is 6.91. The van der Waals surface area contributed by atoms with Crippen molar-refractivity contribution in [3.63, 3.8) is 0 Å². The Hall–Kier alpha value is -0.900. The Morgan fingerprint density at radius 2 is 2.25 bits per heavy atom. The highest BCUT2D eigenvalue weighted by atomic mass is 16.5. The molecule has 1 aliphatic heterocycles. The van der Waals surface area contributed by atoms with Gasteiger partial charge in [0.1, 0.15) is 0 Å². The molecule has 2 unspecified atom stereocenters. The highest BCUT2D eigenvalue weighted by Gasteiger charge is 2.20. The van der Waals surface area contributed by atoms with Crippen LogP contribution in [0.2, 0.25) is 0 Å². The van der Waals surface area contributed by atoms with Gasteiger partial charge in [-0.15, -0.1) is 0 Å². The van der Waals surface area contributed by atoms with Crippen LogP contribution >= 0.6 is 0 Å². The molecule has 0 bridgehead atoms. The minimum absolute atomic E-state index is 0.269. The Balaban J connectivity index is 2.02. The van der Waals surface area contributed by atoms with Gasteiger partial charge >= 0.3 is 0 Å². The molecule has 1 aliphatic rings. The van der Waals surface area contributed by atoms with E-state index in [4.69, 9.17) is 9.47 Å². The zero-order valence-corrected chi connectivity index (χ0v) is 12.9. The van der Waals surface area contributed by atoms with Gasteiger partial charge in [-0.25, -0.2) is 0 Å². The van der Waals surface area contributed by atoms with E-state index in [1.54, 1.807) is 0 Å². The molecule has 2 rings (SSSR count). The summed E-state index contributed by atoms with van der Waals surface area (Å²) in [5.41, 5.74) is 3.99. The Labute approximate surface area is 122 Å². The third-order valence-electron chi connectivity index (χ3n) is 3.84. The first kappa shape index (κ1) is 15.5. The van der Waals surface area contributed by atoms with Gasteiger partial charge in [0.25, 0.3) is 0 Å². The van der Waals surface area contributed by atoms with E-state index in [9.17, 15) is 0 Å². The standard InChI is InChI=1S/C17H27NO2/c1-4-8-18-17(12-20-15-7-9-19-11-15)16-10-13(2)5-6-14(16)3/h5-6,10,15,17-18H,4,7-9,11-12H2,1-3H3. The summed E-state index contributed by atoms with van der Waals surface area (Å²) in [5.74, 6) is 0. The van der Waals surface area contributed by atoms with Crippen LogP contribution in [-0.2, 0) is 9.47 Å². The van der Waals surface area contributed by atoms with Crippen LogP contribution in [0, 0.1) is 13.8 Å². The predicted octanol–water partition coefficient (Wildman–Crippen LogP) is 3.15. The largest absolute Gasteiger partial charge is 0.379 e. The van der Waals surface area contributed by atoms with E-state index in [2.05, 4.69) is 44.3 Å². The third kappa shape index (κ3) is 4.30. The number of hydrogen-bond acceptors (Lipinski definition) is 3. The molecule has 0 radical (unpaired) electrons. The van der Waals surface area contributed by atoms with Crippen molar-refractivity contribution < 1.29 is 9.47 Å². The van der Waals surface area contributed by atoms with Crippen molar-refractivity contribution in [2.24, 2.45) is 0 Å². The molecule has 0 aliphatic carbocycles. The van der Waals surface area contributed by atoms with Crippen molar-refractivity contribution in [1.29, 1.82) is 0 Å². The summed E-state index contributed by atoms with van der Waals surface area (Å²) in [4.78, 5) is 0. The molecular weight excluding hydrogens is 250 g/mol. The summed E-state index contributed by atoms with van der Waals surface area (Å²) >= 11 is 0. The van der Waals surface area contributed by atoms with Gasteiger partial charge < -0.3 is 14.8 Å². The van der Waals surface area contributed by atoms with Crippen LogP contribution in [-0.4, -0.2) is 32.5 Å². The molecule has 0 aromatic heterocycles. The van der Waals surface area contributed by atoms with E-state index in [0.717, 1.165) is 39.2 Å². The Kier molecular flexibility index (Phi) is 6.02. The summed E-state index contributed by atoms with van der Waals surface area (Å²) in [5, 5.41) is 3.61. The molecule has 1 N–H and O–H groups in total. The zero-order chi connectivity index (χ0) is 14.4. The quantitative estimate of drug-likeness (QED) is 0.830. The fraction of sp³-hybridized carbons (Fsp3) is 0.647. The SMILES string of the molecule is CCCNC(COC1CCOC1)c1cc(C)ccc1C. The lowest BCUT2D eigenvalue weighted by molar-refractivity contribution is 0.0297. The fourth-order valence-corrected chi connectivity index (χ4v) is 2.59. The second-order valence-corrected chi connectivity index (χ2v) is 5.69. The lowest BCUT2D eigenvalue weighted by Crippen LogP contribution is -2.29. The van der Waals surface area contributed by atoms with Crippen molar-refractivity contribution in [2.75, 3.05) is 26.4 Å². The molecule has 0 saturated carbocycles. The molecule has 1 aromatic rings. The molecule has 2 atom stereocenters. The van der Waals surface area contributed by atoms with Crippen LogP contribution < -0.4 is 5.32 Å². The molecule has 112 valence electrons. The monoisotopic (exact) mass is 277 g/mol. The number of ether oxygens (including phenoxy) is 2. The van der Waals surface area contributed by atoms with E-state index >= 15 is 0 Å². The van der Waals surface area contributed by atoms with Crippen molar-refractivity contribution in [3.05, 3.63) is 34.9 Å². The van der Waals surface area contributed by atoms with Crippen LogP contribution in [0.25, 0.3) is 0 Å². The van der Waals surface area contributed by atoms with Gasteiger partial charge in [0, 0.05) is 6.61 Å². The number of hydrogen-bond donors (Lipinski definition) is 1. The molecule has 0 spiro atoms. The summed E-state index contributed by atoms with van der Waals surface area (Å²) < 4.78 is 11.4. The van der Waals surface area contributed by atoms with E-state index < -0.39 is 0 Å². The molecule has 1 fully saturated rings. The molecular formula is C17H27NO2. The van der Waals surface area contributed by atoms with Gasteiger partial charge in [-0.1, -0.05) is 30.7 Å². The highest BCUT2D eigenvalue weighted by Crippen LogP contribution is 2.21. The third-order valence-corrected chi connectivity index (χ3v) is 3.84. The van der Waals surface area contributed by atoms with Crippen molar-refractivity contribution >= 4 is 0 Å². The molecule has 1 aromatic carbocycles.